The number of halogens is 3. The van der Waals surface area contributed by atoms with Gasteiger partial charge in [-0.3, -0.25) is 4.79 Å². The average Bonchev–Trinajstić information content (AvgIpc) is 2.47. The van der Waals surface area contributed by atoms with E-state index in [0.717, 1.165) is 12.1 Å². The van der Waals surface area contributed by atoms with Crippen molar-refractivity contribution in [2.75, 3.05) is 11.9 Å². The highest BCUT2D eigenvalue weighted by molar-refractivity contribution is 6.33. The quantitative estimate of drug-likeness (QED) is 0.857. The van der Waals surface area contributed by atoms with Crippen molar-refractivity contribution < 1.29 is 18.7 Å². The molecule has 0 aliphatic rings. The van der Waals surface area contributed by atoms with Crippen molar-refractivity contribution in [2.24, 2.45) is 0 Å². The Morgan fingerprint density at radius 3 is 2.41 bits per heavy atom. The van der Waals surface area contributed by atoms with Crippen LogP contribution in [0.5, 0.6) is 0 Å². The number of ether oxygens (including phenoxy) is 1. The normalized spacial score (nSPS) is 10.1. The van der Waals surface area contributed by atoms with Crippen LogP contribution >= 0.6 is 23.2 Å². The van der Waals surface area contributed by atoms with Gasteiger partial charge in [0.2, 0.25) is 0 Å². The molecule has 0 heterocycles. The van der Waals surface area contributed by atoms with Crippen molar-refractivity contribution in [3.8, 4) is 0 Å². The Morgan fingerprint density at radius 1 is 1.09 bits per heavy atom. The van der Waals surface area contributed by atoms with Gasteiger partial charge in [0, 0.05) is 10.7 Å². The zero-order valence-electron chi connectivity index (χ0n) is 11.1. The van der Waals surface area contributed by atoms with Gasteiger partial charge >= 0.3 is 5.97 Å². The highest BCUT2D eigenvalue weighted by atomic mass is 35.5. The van der Waals surface area contributed by atoms with E-state index in [1.165, 1.54) is 6.07 Å². The van der Waals surface area contributed by atoms with Crippen molar-refractivity contribution in [3.05, 3.63) is 63.9 Å². The summed E-state index contributed by atoms with van der Waals surface area (Å²) in [6.07, 6.45) is 0. The molecule has 0 bridgehead atoms. The summed E-state index contributed by atoms with van der Waals surface area (Å²) >= 11 is 11.5. The first-order chi connectivity index (χ1) is 10.5. The summed E-state index contributed by atoms with van der Waals surface area (Å²) in [4.78, 5) is 23.4. The van der Waals surface area contributed by atoms with Crippen LogP contribution in [-0.2, 0) is 9.53 Å². The lowest BCUT2D eigenvalue weighted by molar-refractivity contribution is -0.119. The molecule has 0 fully saturated rings. The van der Waals surface area contributed by atoms with Crippen LogP contribution in [-0.4, -0.2) is 18.5 Å². The molecule has 0 aliphatic heterocycles. The van der Waals surface area contributed by atoms with E-state index >= 15 is 0 Å². The van der Waals surface area contributed by atoms with Crippen LogP contribution in [0.2, 0.25) is 10.0 Å². The topological polar surface area (TPSA) is 55.4 Å². The smallest absolute Gasteiger partial charge is 0.340 e. The van der Waals surface area contributed by atoms with Crippen molar-refractivity contribution in [2.45, 2.75) is 0 Å². The number of benzene rings is 2. The predicted octanol–water partition coefficient (Wildman–Crippen LogP) is 3.93. The molecule has 2 rings (SSSR count). The lowest BCUT2D eigenvalue weighted by Gasteiger charge is -2.07. The van der Waals surface area contributed by atoms with Crippen molar-refractivity contribution >= 4 is 40.8 Å². The van der Waals surface area contributed by atoms with Crippen molar-refractivity contribution in [1.29, 1.82) is 0 Å². The number of rotatable bonds is 4. The molecule has 2 aromatic carbocycles. The summed E-state index contributed by atoms with van der Waals surface area (Å²) in [5, 5.41) is 2.99. The van der Waals surface area contributed by atoms with E-state index in [-0.39, 0.29) is 10.6 Å². The summed E-state index contributed by atoms with van der Waals surface area (Å²) in [5.74, 6) is -1.90. The largest absolute Gasteiger partial charge is 0.452 e. The monoisotopic (exact) mass is 341 g/mol. The summed E-state index contributed by atoms with van der Waals surface area (Å²) < 4.78 is 17.7. The second kappa shape index (κ2) is 7.24. The molecule has 114 valence electrons. The lowest BCUT2D eigenvalue weighted by atomic mass is 10.2. The van der Waals surface area contributed by atoms with E-state index in [1.54, 1.807) is 24.3 Å². The van der Waals surface area contributed by atoms with Gasteiger partial charge in [0.05, 0.1) is 10.6 Å². The third kappa shape index (κ3) is 4.44. The maximum absolute atomic E-state index is 12.9. The first-order valence-electron chi connectivity index (χ1n) is 6.13. The fourth-order valence-corrected chi connectivity index (χ4v) is 1.96. The van der Waals surface area contributed by atoms with E-state index in [0.29, 0.717) is 10.7 Å². The maximum atomic E-state index is 12.9. The fourth-order valence-electron chi connectivity index (χ4n) is 1.59. The standard InChI is InChI=1S/C15H10Cl2FNO3/c16-9-1-4-11(5-2-9)19-14(20)8-22-15(21)12-6-3-10(18)7-13(12)17/h1-7H,8H2,(H,19,20). The fraction of sp³-hybridized carbons (Fsp3) is 0.0667. The molecule has 22 heavy (non-hydrogen) atoms. The summed E-state index contributed by atoms with van der Waals surface area (Å²) in [6.45, 7) is -0.491. The minimum absolute atomic E-state index is 0.0117. The van der Waals surface area contributed by atoms with Gasteiger partial charge in [-0.2, -0.15) is 0 Å². The Kier molecular flexibility index (Phi) is 5.35. The van der Waals surface area contributed by atoms with Gasteiger partial charge in [-0.15, -0.1) is 0 Å². The molecule has 0 unspecified atom stereocenters. The number of carbonyl (C=O) groups is 2. The molecule has 7 heteroatoms. The van der Waals surface area contributed by atoms with Gasteiger partial charge in [0.15, 0.2) is 6.61 Å². The van der Waals surface area contributed by atoms with Gasteiger partial charge in [0.1, 0.15) is 5.82 Å². The predicted molar refractivity (Wildman–Crippen MR) is 81.8 cm³/mol. The Bertz CT molecular complexity index is 704. The molecule has 4 nitrogen and oxygen atoms in total. The molecule has 0 saturated carbocycles. The molecule has 0 radical (unpaired) electrons. The summed E-state index contributed by atoms with van der Waals surface area (Å²) in [5.41, 5.74) is 0.507. The van der Waals surface area contributed by atoms with E-state index in [1.807, 2.05) is 0 Å². The van der Waals surface area contributed by atoms with Crippen molar-refractivity contribution in [1.82, 2.24) is 0 Å². The Morgan fingerprint density at radius 2 is 1.77 bits per heavy atom. The molecular weight excluding hydrogens is 332 g/mol. The molecule has 2 aromatic rings. The molecular formula is C15H10Cl2FNO3. The summed E-state index contributed by atoms with van der Waals surface area (Å²) in [7, 11) is 0. The number of nitrogens with one attached hydrogen (secondary N) is 1. The average molecular weight is 342 g/mol. The van der Waals surface area contributed by atoms with E-state index < -0.39 is 24.3 Å². The van der Waals surface area contributed by atoms with Crippen LogP contribution in [0.15, 0.2) is 42.5 Å². The third-order valence-corrected chi connectivity index (χ3v) is 3.18. The second-order valence-corrected chi connectivity index (χ2v) is 5.10. The lowest BCUT2D eigenvalue weighted by Crippen LogP contribution is -2.21. The van der Waals surface area contributed by atoms with E-state index in [4.69, 9.17) is 27.9 Å². The number of carbonyl (C=O) groups excluding carboxylic acids is 2. The van der Waals surface area contributed by atoms with Crippen LogP contribution in [0.3, 0.4) is 0 Å². The van der Waals surface area contributed by atoms with Crippen LogP contribution < -0.4 is 5.32 Å². The molecule has 0 aromatic heterocycles. The van der Waals surface area contributed by atoms with Crippen molar-refractivity contribution in [3.63, 3.8) is 0 Å². The SMILES string of the molecule is O=C(COC(=O)c1ccc(F)cc1Cl)Nc1ccc(Cl)cc1. The van der Waals surface area contributed by atoms with Gasteiger partial charge < -0.3 is 10.1 Å². The number of amides is 1. The molecule has 0 spiro atoms. The summed E-state index contributed by atoms with van der Waals surface area (Å²) in [6, 6.07) is 9.71. The number of anilines is 1. The Hall–Kier alpha value is -2.11. The highest BCUT2D eigenvalue weighted by Gasteiger charge is 2.14. The van der Waals surface area contributed by atoms with Gasteiger partial charge in [0.25, 0.3) is 5.91 Å². The number of hydrogen-bond acceptors (Lipinski definition) is 3. The zero-order valence-corrected chi connectivity index (χ0v) is 12.6. The van der Waals surface area contributed by atoms with Crippen LogP contribution in [0.4, 0.5) is 10.1 Å². The molecule has 0 saturated heterocycles. The Labute approximate surface area is 135 Å². The molecule has 0 aliphatic carbocycles. The third-order valence-electron chi connectivity index (χ3n) is 2.61. The van der Waals surface area contributed by atoms with E-state index in [2.05, 4.69) is 5.32 Å². The van der Waals surface area contributed by atoms with Crippen LogP contribution in [0, 0.1) is 5.82 Å². The van der Waals surface area contributed by atoms with E-state index in [9.17, 15) is 14.0 Å². The molecule has 1 N–H and O–H groups in total. The maximum Gasteiger partial charge on any atom is 0.340 e. The second-order valence-electron chi connectivity index (χ2n) is 4.26. The van der Waals surface area contributed by atoms with Crippen LogP contribution in [0.1, 0.15) is 10.4 Å². The number of esters is 1. The first kappa shape index (κ1) is 16.3. The zero-order chi connectivity index (χ0) is 16.1. The van der Waals surface area contributed by atoms with Gasteiger partial charge in [-0.05, 0) is 42.5 Å². The Balaban J connectivity index is 1.90. The minimum Gasteiger partial charge on any atom is -0.452 e. The number of hydrogen-bond donors (Lipinski definition) is 1. The molecule has 0 atom stereocenters. The molecule has 1 amide bonds. The highest BCUT2D eigenvalue weighted by Crippen LogP contribution is 2.18. The van der Waals surface area contributed by atoms with Gasteiger partial charge in [-0.1, -0.05) is 23.2 Å². The minimum atomic E-state index is -0.809. The van der Waals surface area contributed by atoms with Crippen LogP contribution in [0.25, 0.3) is 0 Å². The first-order valence-corrected chi connectivity index (χ1v) is 6.89. The van der Waals surface area contributed by atoms with Gasteiger partial charge in [-0.25, -0.2) is 9.18 Å².